The third kappa shape index (κ3) is 2.16. The van der Waals surface area contributed by atoms with E-state index in [-0.39, 0.29) is 0 Å². The maximum atomic E-state index is 12.8. The molecule has 0 unspecified atom stereocenters. The largest absolute Gasteiger partial charge is 0.366 e. The molecule has 1 N–H and O–H groups in total. The Morgan fingerprint density at radius 3 is 2.81 bits per heavy atom. The lowest BCUT2D eigenvalue weighted by atomic mass is 10.2. The molecule has 0 aliphatic rings. The molecular weight excluding hydrogens is 211 g/mol. The highest BCUT2D eigenvalue weighted by molar-refractivity contribution is 5.35. The van der Waals surface area contributed by atoms with Gasteiger partial charge in [-0.2, -0.15) is 4.39 Å². The zero-order chi connectivity index (χ0) is 11.5. The number of rotatable bonds is 3. The molecule has 2 heterocycles. The van der Waals surface area contributed by atoms with Crippen LogP contribution in [0.25, 0.3) is 0 Å². The van der Waals surface area contributed by atoms with E-state index >= 15 is 0 Å². The molecule has 2 rings (SSSR count). The molecule has 0 bridgehead atoms. The average molecular weight is 222 g/mol. The van der Waals surface area contributed by atoms with Gasteiger partial charge in [0.2, 0.25) is 5.95 Å². The van der Waals surface area contributed by atoms with Gasteiger partial charge in [0.15, 0.2) is 0 Å². The molecule has 0 spiro atoms. The van der Waals surface area contributed by atoms with E-state index in [0.717, 1.165) is 17.0 Å². The van der Waals surface area contributed by atoms with Crippen LogP contribution in [0, 0.1) is 19.8 Å². The van der Waals surface area contributed by atoms with Crippen LogP contribution in [-0.4, -0.2) is 15.1 Å². The van der Waals surface area contributed by atoms with Crippen molar-refractivity contribution < 1.29 is 8.91 Å². The lowest BCUT2D eigenvalue weighted by Gasteiger charge is -2.04. The molecule has 0 aromatic carbocycles. The van der Waals surface area contributed by atoms with Crippen LogP contribution in [0.2, 0.25) is 0 Å². The van der Waals surface area contributed by atoms with Gasteiger partial charge in [-0.05, 0) is 13.8 Å². The Kier molecular flexibility index (Phi) is 2.80. The Morgan fingerprint density at radius 2 is 2.19 bits per heavy atom. The van der Waals surface area contributed by atoms with E-state index in [1.165, 1.54) is 12.4 Å². The lowest BCUT2D eigenvalue weighted by molar-refractivity contribution is 0.392. The predicted molar refractivity (Wildman–Crippen MR) is 55.3 cm³/mol. The highest BCUT2D eigenvalue weighted by Gasteiger charge is 2.08. The number of halogens is 1. The summed E-state index contributed by atoms with van der Waals surface area (Å²) < 4.78 is 17.8. The molecule has 0 aliphatic carbocycles. The van der Waals surface area contributed by atoms with Gasteiger partial charge in [-0.1, -0.05) is 5.16 Å². The van der Waals surface area contributed by atoms with Crippen LogP contribution in [0.1, 0.15) is 17.0 Å². The first-order valence-corrected chi connectivity index (χ1v) is 4.80. The summed E-state index contributed by atoms with van der Waals surface area (Å²) in [5, 5.41) is 6.80. The Morgan fingerprint density at radius 1 is 1.38 bits per heavy atom. The highest BCUT2D eigenvalue weighted by Crippen LogP contribution is 2.14. The number of aromatic nitrogens is 3. The molecule has 84 valence electrons. The predicted octanol–water partition coefficient (Wildman–Crippen LogP) is 1.83. The first kappa shape index (κ1) is 10.5. The van der Waals surface area contributed by atoms with E-state index in [4.69, 9.17) is 4.52 Å². The minimum Gasteiger partial charge on any atom is -0.366 e. The van der Waals surface area contributed by atoms with Crippen molar-refractivity contribution in [3.8, 4) is 0 Å². The number of anilines is 1. The quantitative estimate of drug-likeness (QED) is 0.802. The fourth-order valence-electron chi connectivity index (χ4n) is 1.36. The molecule has 0 radical (unpaired) electrons. The van der Waals surface area contributed by atoms with Gasteiger partial charge in [-0.15, -0.1) is 0 Å². The molecule has 0 fully saturated rings. The summed E-state index contributed by atoms with van der Waals surface area (Å²) in [6, 6.07) is 1.23. The zero-order valence-corrected chi connectivity index (χ0v) is 8.99. The minimum atomic E-state index is -0.559. The first-order valence-electron chi connectivity index (χ1n) is 4.80. The number of nitrogens with zero attached hydrogens (tertiary/aromatic N) is 3. The highest BCUT2D eigenvalue weighted by atomic mass is 19.1. The van der Waals surface area contributed by atoms with Crippen LogP contribution < -0.4 is 5.32 Å². The second kappa shape index (κ2) is 4.26. The average Bonchev–Trinajstić information content (AvgIpc) is 2.56. The number of nitrogens with one attached hydrogen (secondary N) is 1. The molecule has 6 heteroatoms. The van der Waals surface area contributed by atoms with E-state index in [1.54, 1.807) is 0 Å². The summed E-state index contributed by atoms with van der Waals surface area (Å²) in [5.74, 6) is 0.628. The fraction of sp³-hybridized carbons (Fsp3) is 0.300. The van der Waals surface area contributed by atoms with E-state index in [2.05, 4.69) is 20.4 Å². The Labute approximate surface area is 91.7 Å². The summed E-state index contributed by atoms with van der Waals surface area (Å²) >= 11 is 0. The van der Waals surface area contributed by atoms with Crippen molar-refractivity contribution in [3.63, 3.8) is 0 Å². The Balaban J connectivity index is 2.08. The second-order valence-corrected chi connectivity index (χ2v) is 3.38. The topological polar surface area (TPSA) is 63.8 Å². The van der Waals surface area contributed by atoms with Crippen LogP contribution in [-0.2, 0) is 6.54 Å². The van der Waals surface area contributed by atoms with Crippen molar-refractivity contribution in [1.29, 1.82) is 0 Å². The van der Waals surface area contributed by atoms with Crippen molar-refractivity contribution in [1.82, 2.24) is 15.1 Å². The van der Waals surface area contributed by atoms with Crippen molar-refractivity contribution >= 4 is 5.82 Å². The summed E-state index contributed by atoms with van der Waals surface area (Å²) in [4.78, 5) is 7.26. The van der Waals surface area contributed by atoms with Gasteiger partial charge in [0.1, 0.15) is 17.9 Å². The molecule has 0 atom stereocenters. The molecule has 0 amide bonds. The number of hydrogen-bond acceptors (Lipinski definition) is 5. The third-order valence-electron chi connectivity index (χ3n) is 2.26. The normalized spacial score (nSPS) is 10.4. The molecule has 0 aliphatic heterocycles. The van der Waals surface area contributed by atoms with Crippen molar-refractivity contribution in [2.75, 3.05) is 5.32 Å². The number of hydrogen-bond donors (Lipinski definition) is 1. The van der Waals surface area contributed by atoms with Crippen LogP contribution in [0.5, 0.6) is 0 Å². The van der Waals surface area contributed by atoms with E-state index < -0.39 is 5.95 Å². The molecule has 16 heavy (non-hydrogen) atoms. The Bertz CT molecular complexity index is 478. The standard InChI is InChI=1S/C10H11FN4O/c1-6-8(7(2)16-15-6)4-12-10-3-9(11)13-5-14-10/h3,5H,4H2,1-2H3,(H,12,13,14). The van der Waals surface area contributed by atoms with Gasteiger partial charge in [0.25, 0.3) is 0 Å². The van der Waals surface area contributed by atoms with Crippen LogP contribution in [0.3, 0.4) is 0 Å². The van der Waals surface area contributed by atoms with Gasteiger partial charge in [-0.3, -0.25) is 0 Å². The van der Waals surface area contributed by atoms with Gasteiger partial charge >= 0.3 is 0 Å². The van der Waals surface area contributed by atoms with Crippen LogP contribution in [0.4, 0.5) is 10.2 Å². The summed E-state index contributed by atoms with van der Waals surface area (Å²) in [6.45, 7) is 4.18. The third-order valence-corrected chi connectivity index (χ3v) is 2.26. The summed E-state index contributed by atoms with van der Waals surface area (Å²) in [6.07, 6.45) is 1.17. The summed E-state index contributed by atoms with van der Waals surface area (Å²) in [5.41, 5.74) is 1.78. The van der Waals surface area contributed by atoms with Gasteiger partial charge in [0.05, 0.1) is 5.69 Å². The maximum Gasteiger partial charge on any atom is 0.217 e. The van der Waals surface area contributed by atoms with Crippen LogP contribution in [0.15, 0.2) is 16.9 Å². The molecule has 5 nitrogen and oxygen atoms in total. The van der Waals surface area contributed by atoms with Gasteiger partial charge in [0, 0.05) is 18.2 Å². The Hall–Kier alpha value is -1.98. The van der Waals surface area contributed by atoms with Crippen molar-refractivity contribution in [3.05, 3.63) is 35.4 Å². The molecule has 2 aromatic heterocycles. The zero-order valence-electron chi connectivity index (χ0n) is 8.99. The van der Waals surface area contributed by atoms with Crippen molar-refractivity contribution in [2.24, 2.45) is 0 Å². The maximum absolute atomic E-state index is 12.8. The van der Waals surface area contributed by atoms with Gasteiger partial charge < -0.3 is 9.84 Å². The van der Waals surface area contributed by atoms with E-state index in [1.807, 2.05) is 13.8 Å². The van der Waals surface area contributed by atoms with Gasteiger partial charge in [-0.25, -0.2) is 9.97 Å². The van der Waals surface area contributed by atoms with Crippen LogP contribution >= 0.6 is 0 Å². The molecule has 0 saturated heterocycles. The summed E-state index contributed by atoms with van der Waals surface area (Å²) in [7, 11) is 0. The monoisotopic (exact) mass is 222 g/mol. The fourth-order valence-corrected chi connectivity index (χ4v) is 1.36. The smallest absolute Gasteiger partial charge is 0.217 e. The van der Waals surface area contributed by atoms with E-state index in [0.29, 0.717) is 12.4 Å². The first-order chi connectivity index (χ1) is 7.66. The molecule has 0 saturated carbocycles. The molecule has 2 aromatic rings. The molecular formula is C10H11FN4O. The second-order valence-electron chi connectivity index (χ2n) is 3.38. The number of aryl methyl sites for hydroxylation is 2. The SMILES string of the molecule is Cc1noc(C)c1CNc1cc(F)ncn1. The van der Waals surface area contributed by atoms with E-state index in [9.17, 15) is 4.39 Å². The lowest BCUT2D eigenvalue weighted by Crippen LogP contribution is -2.03. The van der Waals surface area contributed by atoms with Crippen molar-refractivity contribution in [2.45, 2.75) is 20.4 Å². The minimum absolute atomic E-state index is 0.438.